The molecule has 1 aromatic heterocycles. The first-order chi connectivity index (χ1) is 8.97. The predicted molar refractivity (Wildman–Crippen MR) is 83.1 cm³/mol. The highest BCUT2D eigenvalue weighted by Crippen LogP contribution is 2.31. The minimum absolute atomic E-state index is 0.0792. The Morgan fingerprint density at radius 2 is 2.16 bits per heavy atom. The highest BCUT2D eigenvalue weighted by atomic mass is 127. The fourth-order valence-corrected chi connectivity index (χ4v) is 2.55. The van der Waals surface area contributed by atoms with Crippen LogP contribution in [0, 0.1) is 3.57 Å². The van der Waals surface area contributed by atoms with E-state index < -0.39 is 5.97 Å². The van der Waals surface area contributed by atoms with Crippen molar-refractivity contribution in [3.05, 3.63) is 49.1 Å². The third-order valence-corrected chi connectivity index (χ3v) is 3.60. The number of pyridine rings is 1. The average Bonchev–Trinajstić information content (AvgIpc) is 2.34. The van der Waals surface area contributed by atoms with Crippen LogP contribution in [-0.4, -0.2) is 16.1 Å². The van der Waals surface area contributed by atoms with Crippen LogP contribution < -0.4 is 4.74 Å². The molecule has 1 heterocycles. The van der Waals surface area contributed by atoms with Gasteiger partial charge in [0.15, 0.2) is 0 Å². The fourth-order valence-electron chi connectivity index (χ4n) is 1.34. The molecule has 0 aliphatic heterocycles. The number of aromatic nitrogens is 1. The molecule has 19 heavy (non-hydrogen) atoms. The summed E-state index contributed by atoms with van der Waals surface area (Å²) >= 11 is 11.1. The Labute approximate surface area is 136 Å². The number of ether oxygens (including phenoxy) is 1. The van der Waals surface area contributed by atoms with Crippen LogP contribution in [0.4, 0.5) is 0 Å². The summed E-state index contributed by atoms with van der Waals surface area (Å²) in [7, 11) is 0. The average molecular weight is 454 g/mol. The monoisotopic (exact) mass is 453 g/mol. The molecular formula is C12H6BrClINO3. The fraction of sp³-hybridized carbons (Fsp3) is 0. The van der Waals surface area contributed by atoms with E-state index in [-0.39, 0.29) is 17.2 Å². The zero-order chi connectivity index (χ0) is 14.0. The zero-order valence-corrected chi connectivity index (χ0v) is 13.7. The second kappa shape index (κ2) is 6.06. The van der Waals surface area contributed by atoms with Gasteiger partial charge in [0.25, 0.3) is 0 Å². The summed E-state index contributed by atoms with van der Waals surface area (Å²) in [6.45, 7) is 0. The SMILES string of the molecule is O=C(O)c1cc(I)ccc1Oc1ncc(Cl)cc1Br. The molecule has 0 aliphatic rings. The summed E-state index contributed by atoms with van der Waals surface area (Å²) in [4.78, 5) is 15.2. The number of benzene rings is 1. The van der Waals surface area contributed by atoms with Gasteiger partial charge in [0.2, 0.25) is 5.88 Å². The van der Waals surface area contributed by atoms with Gasteiger partial charge >= 0.3 is 5.97 Å². The molecule has 98 valence electrons. The van der Waals surface area contributed by atoms with Crippen LogP contribution in [0.2, 0.25) is 5.02 Å². The number of hydrogen-bond acceptors (Lipinski definition) is 3. The highest BCUT2D eigenvalue weighted by Gasteiger charge is 2.14. The van der Waals surface area contributed by atoms with Crippen LogP contribution in [0.3, 0.4) is 0 Å². The van der Waals surface area contributed by atoms with E-state index in [9.17, 15) is 4.79 Å². The van der Waals surface area contributed by atoms with Crippen molar-refractivity contribution < 1.29 is 14.6 Å². The summed E-state index contributed by atoms with van der Waals surface area (Å²) < 4.78 is 6.87. The molecule has 7 heteroatoms. The molecule has 1 aromatic carbocycles. The molecule has 0 radical (unpaired) electrons. The summed E-state index contributed by atoms with van der Waals surface area (Å²) in [6, 6.07) is 6.50. The van der Waals surface area contributed by atoms with Gasteiger partial charge in [-0.1, -0.05) is 11.6 Å². The van der Waals surface area contributed by atoms with Crippen LogP contribution >= 0.6 is 50.1 Å². The first-order valence-electron chi connectivity index (χ1n) is 4.99. The van der Waals surface area contributed by atoms with Crippen molar-refractivity contribution in [3.63, 3.8) is 0 Å². The molecule has 4 nitrogen and oxygen atoms in total. The van der Waals surface area contributed by atoms with Crippen molar-refractivity contribution in [3.8, 4) is 11.6 Å². The molecule has 2 aromatic rings. The Morgan fingerprint density at radius 1 is 1.42 bits per heavy atom. The van der Waals surface area contributed by atoms with Crippen LogP contribution in [0.1, 0.15) is 10.4 Å². The standard InChI is InChI=1S/C12H6BrClINO3/c13-9-3-6(14)5-16-11(9)19-10-2-1-7(15)4-8(10)12(17)18/h1-5H,(H,17,18). The molecule has 0 spiro atoms. The van der Waals surface area contributed by atoms with Crippen molar-refractivity contribution in [2.24, 2.45) is 0 Å². The topological polar surface area (TPSA) is 59.4 Å². The molecule has 0 saturated carbocycles. The number of rotatable bonds is 3. The molecule has 0 saturated heterocycles. The van der Waals surface area contributed by atoms with Crippen molar-refractivity contribution >= 4 is 56.1 Å². The van der Waals surface area contributed by atoms with Crippen LogP contribution in [-0.2, 0) is 0 Å². The Kier molecular flexibility index (Phi) is 4.64. The lowest BCUT2D eigenvalue weighted by molar-refractivity contribution is 0.0694. The number of carboxylic acid groups (broad SMARTS) is 1. The second-order valence-electron chi connectivity index (χ2n) is 3.49. The molecule has 0 bridgehead atoms. The molecule has 0 atom stereocenters. The van der Waals surface area contributed by atoms with Crippen LogP contribution in [0.5, 0.6) is 11.6 Å². The number of nitrogens with zero attached hydrogens (tertiary/aromatic N) is 1. The lowest BCUT2D eigenvalue weighted by atomic mass is 10.2. The Hall–Kier alpha value is -0.860. The summed E-state index contributed by atoms with van der Waals surface area (Å²) in [5, 5.41) is 9.60. The summed E-state index contributed by atoms with van der Waals surface area (Å²) in [5.74, 6) is -0.574. The Bertz CT molecular complexity index is 651. The van der Waals surface area contributed by atoms with Gasteiger partial charge in [0.1, 0.15) is 11.3 Å². The lowest BCUT2D eigenvalue weighted by Gasteiger charge is -2.09. The quantitative estimate of drug-likeness (QED) is 0.690. The van der Waals surface area contributed by atoms with E-state index in [4.69, 9.17) is 21.4 Å². The second-order valence-corrected chi connectivity index (χ2v) is 6.02. The minimum atomic E-state index is -1.06. The van der Waals surface area contributed by atoms with Crippen molar-refractivity contribution in [2.45, 2.75) is 0 Å². The normalized spacial score (nSPS) is 10.3. The number of aromatic carboxylic acids is 1. The maximum Gasteiger partial charge on any atom is 0.339 e. The van der Waals surface area contributed by atoms with E-state index in [2.05, 4.69) is 20.9 Å². The van der Waals surface area contributed by atoms with Crippen LogP contribution in [0.25, 0.3) is 0 Å². The third-order valence-electron chi connectivity index (χ3n) is 2.15. The minimum Gasteiger partial charge on any atom is -0.478 e. The van der Waals surface area contributed by atoms with Gasteiger partial charge in [-0.05, 0) is 62.8 Å². The first-order valence-corrected chi connectivity index (χ1v) is 7.24. The lowest BCUT2D eigenvalue weighted by Crippen LogP contribution is -2.01. The van der Waals surface area contributed by atoms with E-state index in [0.29, 0.717) is 9.50 Å². The van der Waals surface area contributed by atoms with Gasteiger partial charge < -0.3 is 9.84 Å². The molecular weight excluding hydrogens is 448 g/mol. The maximum absolute atomic E-state index is 11.2. The van der Waals surface area contributed by atoms with Crippen molar-refractivity contribution in [2.75, 3.05) is 0 Å². The summed E-state index contributed by atoms with van der Waals surface area (Å²) in [6.07, 6.45) is 1.43. The van der Waals surface area contributed by atoms with Crippen molar-refractivity contribution in [1.82, 2.24) is 4.98 Å². The number of hydrogen-bond donors (Lipinski definition) is 1. The summed E-state index contributed by atoms with van der Waals surface area (Å²) in [5.41, 5.74) is 0.0792. The number of halogens is 3. The smallest absolute Gasteiger partial charge is 0.339 e. The van der Waals surface area contributed by atoms with Gasteiger partial charge in [0, 0.05) is 9.77 Å². The largest absolute Gasteiger partial charge is 0.478 e. The number of carbonyl (C=O) groups is 1. The predicted octanol–water partition coefficient (Wildman–Crippen LogP) is 4.59. The maximum atomic E-state index is 11.2. The van der Waals surface area contributed by atoms with E-state index in [1.54, 1.807) is 18.2 Å². The van der Waals surface area contributed by atoms with Gasteiger partial charge in [-0.2, -0.15) is 0 Å². The number of carboxylic acids is 1. The Balaban J connectivity index is 2.40. The molecule has 0 aliphatic carbocycles. The zero-order valence-electron chi connectivity index (χ0n) is 9.23. The Morgan fingerprint density at radius 3 is 2.79 bits per heavy atom. The third kappa shape index (κ3) is 3.58. The molecule has 0 fully saturated rings. The van der Waals surface area contributed by atoms with E-state index in [0.717, 1.165) is 3.57 Å². The molecule has 1 N–H and O–H groups in total. The van der Waals surface area contributed by atoms with Gasteiger partial charge in [-0.3, -0.25) is 0 Å². The van der Waals surface area contributed by atoms with Crippen molar-refractivity contribution in [1.29, 1.82) is 0 Å². The van der Waals surface area contributed by atoms with Gasteiger partial charge in [-0.25, -0.2) is 9.78 Å². The van der Waals surface area contributed by atoms with Gasteiger partial charge in [0.05, 0.1) is 9.50 Å². The molecule has 0 amide bonds. The first kappa shape index (κ1) is 14.5. The molecule has 0 unspecified atom stereocenters. The van der Waals surface area contributed by atoms with E-state index in [1.807, 2.05) is 22.6 Å². The van der Waals surface area contributed by atoms with Gasteiger partial charge in [-0.15, -0.1) is 0 Å². The van der Waals surface area contributed by atoms with E-state index >= 15 is 0 Å². The van der Waals surface area contributed by atoms with Crippen LogP contribution in [0.15, 0.2) is 34.9 Å². The van der Waals surface area contributed by atoms with E-state index in [1.165, 1.54) is 12.3 Å². The highest BCUT2D eigenvalue weighted by molar-refractivity contribution is 14.1. The molecule has 2 rings (SSSR count).